The second-order valence-electron chi connectivity index (χ2n) is 2.65. The molecule has 0 bridgehead atoms. The van der Waals surface area contributed by atoms with Crippen LogP contribution in [0.5, 0.6) is 0 Å². The lowest BCUT2D eigenvalue weighted by atomic mass is 10.7. The predicted octanol–water partition coefficient (Wildman–Crippen LogP) is 0.294. The van der Waals surface area contributed by atoms with Gasteiger partial charge in [-0.1, -0.05) is 13.8 Å². The summed E-state index contributed by atoms with van der Waals surface area (Å²) in [6.45, 7) is 9.53. The van der Waals surface area contributed by atoms with E-state index in [2.05, 4.69) is 0 Å². The molecule has 0 amide bonds. The molecule has 0 aromatic carbocycles. The topological polar surface area (TPSA) is 201 Å². The highest BCUT2D eigenvalue weighted by molar-refractivity contribution is 5.63. The number of rotatable bonds is 1. The molecule has 0 unspecified atom stereocenters. The molecule has 0 aliphatic rings. The van der Waals surface area contributed by atoms with Gasteiger partial charge in [0.25, 0.3) is 23.9 Å². The third-order valence-corrected chi connectivity index (χ3v) is 0.167. The van der Waals surface area contributed by atoms with E-state index in [1.807, 2.05) is 13.8 Å². The zero-order valence-corrected chi connectivity index (χ0v) is 14.0. The molecule has 0 aromatic rings. The summed E-state index contributed by atoms with van der Waals surface area (Å²) >= 11 is 0. The Hall–Kier alpha value is -2.20. The summed E-state index contributed by atoms with van der Waals surface area (Å²) in [6.07, 6.45) is 0. The molecule has 0 saturated heterocycles. The quantitative estimate of drug-likeness (QED) is 0.388. The van der Waals surface area contributed by atoms with Crippen LogP contribution in [0.2, 0.25) is 0 Å². The van der Waals surface area contributed by atoms with Crippen molar-refractivity contribution in [2.24, 2.45) is 11.5 Å². The van der Waals surface area contributed by atoms with Crippen LogP contribution in [0.25, 0.3) is 0 Å². The van der Waals surface area contributed by atoms with Gasteiger partial charge in [-0.05, 0) is 0 Å². The van der Waals surface area contributed by atoms with Gasteiger partial charge in [0.2, 0.25) is 0 Å². The van der Waals surface area contributed by atoms with Crippen LogP contribution < -0.4 is 11.5 Å². The maximum absolute atomic E-state index is 9.00. The number of hydrogen-bond donors (Lipinski definition) is 6. The Morgan fingerprint density at radius 3 is 0.636 bits per heavy atom. The van der Waals surface area contributed by atoms with Gasteiger partial charge in [0, 0.05) is 40.8 Å². The van der Waals surface area contributed by atoms with Crippen molar-refractivity contribution in [2.45, 2.75) is 41.5 Å². The van der Waals surface area contributed by atoms with Gasteiger partial charge in [-0.25, -0.2) is 0 Å². The summed E-state index contributed by atoms with van der Waals surface area (Å²) in [5, 5.41) is 29.7. The monoisotopic (exact) mass is 330 g/mol. The Morgan fingerprint density at radius 2 is 0.636 bits per heavy atom. The summed E-state index contributed by atoms with van der Waals surface area (Å²) in [5.74, 6) is -3.33. The fraction of sp³-hybridized carbons (Fsp3) is 0.667. The van der Waals surface area contributed by atoms with Crippen molar-refractivity contribution in [3.05, 3.63) is 0 Å². The number of hydrogen-bond acceptors (Lipinski definition) is 6. The molecule has 0 fully saturated rings. The van der Waals surface area contributed by atoms with Crippen molar-refractivity contribution in [1.82, 2.24) is 0 Å². The standard InChI is InChI=1S/C2H8N2.4C2H4O2.C2H6/c3-1-2-4;4*1-2(3)4;1-2/h1-4H2;4*1H3,(H,3,4);1-2H3. The Kier molecular flexibility index (Phi) is 71.5. The summed E-state index contributed by atoms with van der Waals surface area (Å²) in [7, 11) is 0. The van der Waals surface area contributed by atoms with E-state index in [-0.39, 0.29) is 0 Å². The largest absolute Gasteiger partial charge is 0.481 e. The van der Waals surface area contributed by atoms with Gasteiger partial charge in [0.15, 0.2) is 0 Å². The molecule has 0 spiro atoms. The molecule has 0 atom stereocenters. The molecule has 0 aliphatic heterocycles. The Labute approximate surface area is 130 Å². The minimum Gasteiger partial charge on any atom is -0.481 e. The van der Waals surface area contributed by atoms with Crippen LogP contribution in [0.3, 0.4) is 0 Å². The predicted molar refractivity (Wildman–Crippen MR) is 82.7 cm³/mol. The van der Waals surface area contributed by atoms with E-state index in [0.29, 0.717) is 13.1 Å². The first-order valence-corrected chi connectivity index (χ1v) is 6.03. The van der Waals surface area contributed by atoms with E-state index in [4.69, 9.17) is 51.1 Å². The smallest absolute Gasteiger partial charge is 0.300 e. The van der Waals surface area contributed by atoms with Gasteiger partial charge in [-0.3, -0.25) is 19.2 Å². The number of aliphatic carboxylic acids is 4. The zero-order chi connectivity index (χ0) is 19.7. The molecule has 8 N–H and O–H groups in total. The van der Waals surface area contributed by atoms with Gasteiger partial charge in [-0.2, -0.15) is 0 Å². The highest BCUT2D eigenvalue weighted by atomic mass is 16.4. The van der Waals surface area contributed by atoms with Gasteiger partial charge in [0.05, 0.1) is 0 Å². The highest BCUT2D eigenvalue weighted by Crippen LogP contribution is 1.43. The van der Waals surface area contributed by atoms with E-state index < -0.39 is 23.9 Å². The number of carbonyl (C=O) groups is 4. The minimum atomic E-state index is -0.833. The fourth-order valence-electron chi connectivity index (χ4n) is 0. The van der Waals surface area contributed by atoms with Crippen LogP contribution in [0.1, 0.15) is 41.5 Å². The molecule has 0 saturated carbocycles. The molecule has 0 heterocycles. The maximum Gasteiger partial charge on any atom is 0.300 e. The van der Waals surface area contributed by atoms with Gasteiger partial charge in [-0.15, -0.1) is 0 Å². The van der Waals surface area contributed by atoms with Crippen molar-refractivity contribution < 1.29 is 39.6 Å². The van der Waals surface area contributed by atoms with Crippen LogP contribution >= 0.6 is 0 Å². The van der Waals surface area contributed by atoms with Crippen molar-refractivity contribution in [2.75, 3.05) is 13.1 Å². The van der Waals surface area contributed by atoms with Crippen LogP contribution in [0, 0.1) is 0 Å². The van der Waals surface area contributed by atoms with E-state index >= 15 is 0 Å². The van der Waals surface area contributed by atoms with E-state index in [1.165, 1.54) is 0 Å². The third-order valence-electron chi connectivity index (χ3n) is 0.167. The zero-order valence-electron chi connectivity index (χ0n) is 14.0. The van der Waals surface area contributed by atoms with Gasteiger partial charge < -0.3 is 31.9 Å². The van der Waals surface area contributed by atoms with E-state index in [0.717, 1.165) is 27.7 Å². The Balaban J connectivity index is -0.0000000353. The molecule has 0 aromatic heterocycles. The average molecular weight is 330 g/mol. The third kappa shape index (κ3) is 3490. The molecule has 0 rings (SSSR count). The van der Waals surface area contributed by atoms with Crippen LogP contribution in [-0.2, 0) is 19.2 Å². The van der Waals surface area contributed by atoms with Crippen LogP contribution in [0.4, 0.5) is 0 Å². The van der Waals surface area contributed by atoms with E-state index in [1.54, 1.807) is 0 Å². The first kappa shape index (κ1) is 36.7. The Bertz CT molecular complexity index is 192. The second kappa shape index (κ2) is 42.8. The van der Waals surface area contributed by atoms with Gasteiger partial charge >= 0.3 is 0 Å². The molecule has 10 heteroatoms. The van der Waals surface area contributed by atoms with Crippen molar-refractivity contribution >= 4 is 23.9 Å². The lowest BCUT2D eigenvalue weighted by Gasteiger charge is -1.72. The summed E-state index contributed by atoms with van der Waals surface area (Å²) in [6, 6.07) is 0. The molecule has 136 valence electrons. The average Bonchev–Trinajstić information content (AvgIpc) is 2.28. The lowest BCUT2D eigenvalue weighted by Crippen LogP contribution is -2.11. The number of carboxylic acids is 4. The number of nitrogens with two attached hydrogens (primary N) is 2. The molecule has 0 radical (unpaired) electrons. The van der Waals surface area contributed by atoms with Crippen LogP contribution in [0.15, 0.2) is 0 Å². The molecular formula is C12H30N2O8. The normalized spacial score (nSPS) is 6.18. The maximum atomic E-state index is 9.00. The first-order chi connectivity index (χ1) is 9.84. The van der Waals surface area contributed by atoms with E-state index in [9.17, 15) is 0 Å². The lowest BCUT2D eigenvalue weighted by molar-refractivity contribution is -0.135. The van der Waals surface area contributed by atoms with Crippen molar-refractivity contribution in [3.63, 3.8) is 0 Å². The molecule has 0 aliphatic carbocycles. The van der Waals surface area contributed by atoms with Crippen LogP contribution in [-0.4, -0.2) is 57.4 Å². The first-order valence-electron chi connectivity index (χ1n) is 6.03. The number of carboxylic acid groups (broad SMARTS) is 4. The highest BCUT2D eigenvalue weighted by Gasteiger charge is 1.66. The Morgan fingerprint density at radius 1 is 0.591 bits per heavy atom. The van der Waals surface area contributed by atoms with Gasteiger partial charge in [0.1, 0.15) is 0 Å². The summed E-state index contributed by atoms with van der Waals surface area (Å²) in [5.41, 5.74) is 9.81. The fourth-order valence-corrected chi connectivity index (χ4v) is 0. The molecule has 10 nitrogen and oxygen atoms in total. The minimum absolute atomic E-state index is 0.597. The second-order valence-corrected chi connectivity index (χ2v) is 2.65. The summed E-state index contributed by atoms with van der Waals surface area (Å²) < 4.78 is 0. The van der Waals surface area contributed by atoms with Crippen molar-refractivity contribution in [3.8, 4) is 0 Å². The molecule has 22 heavy (non-hydrogen) atoms. The summed E-state index contributed by atoms with van der Waals surface area (Å²) in [4.78, 5) is 36.0. The van der Waals surface area contributed by atoms with Crippen molar-refractivity contribution in [1.29, 1.82) is 0 Å². The molecular weight excluding hydrogens is 300 g/mol. The SMILES string of the molecule is CC.CC(=O)O.CC(=O)O.CC(=O)O.CC(=O)O.NCCN.